The molecule has 0 spiro atoms. The molecular weight excluding hydrogens is 439 g/mol. The maximum absolute atomic E-state index is 11.1. The van der Waals surface area contributed by atoms with Crippen LogP contribution in [0.4, 0.5) is 0 Å². The number of benzene rings is 1. The average Bonchev–Trinajstić information content (AvgIpc) is 2.92. The zero-order chi connectivity index (χ0) is 16.7. The Bertz CT molecular complexity index is 771. The lowest BCUT2D eigenvalue weighted by atomic mass is 10.2. The number of fused-ring (bicyclic) bond motifs is 1. The Morgan fingerprint density at radius 1 is 1.17 bits per heavy atom. The first-order chi connectivity index (χ1) is 11.0. The van der Waals surface area contributed by atoms with Gasteiger partial charge in [0.15, 0.2) is 5.96 Å². The molecule has 6 nitrogen and oxygen atoms in total. The van der Waals surface area contributed by atoms with E-state index in [1.54, 1.807) is 7.05 Å². The summed E-state index contributed by atoms with van der Waals surface area (Å²) in [5.41, 5.74) is 1.24. The third-order valence-electron chi connectivity index (χ3n) is 3.54. The normalized spacial score (nSPS) is 12.0. The van der Waals surface area contributed by atoms with Gasteiger partial charge < -0.3 is 15.2 Å². The summed E-state index contributed by atoms with van der Waals surface area (Å²) >= 11 is 0. The number of halogens is 1. The van der Waals surface area contributed by atoms with Crippen molar-refractivity contribution < 1.29 is 8.42 Å². The monoisotopic (exact) mass is 464 g/mol. The Balaban J connectivity index is 0.00000288. The summed E-state index contributed by atoms with van der Waals surface area (Å²) in [5.74, 6) is 0.731. The van der Waals surface area contributed by atoms with E-state index in [0.29, 0.717) is 12.5 Å². The molecule has 0 unspecified atom stereocenters. The van der Waals surface area contributed by atoms with E-state index in [0.717, 1.165) is 19.5 Å². The molecule has 24 heavy (non-hydrogen) atoms. The van der Waals surface area contributed by atoms with E-state index in [4.69, 9.17) is 0 Å². The van der Waals surface area contributed by atoms with Crippen LogP contribution in [0.25, 0.3) is 10.9 Å². The molecule has 1 aromatic carbocycles. The number of rotatable bonds is 7. The fourth-order valence-electron chi connectivity index (χ4n) is 2.37. The molecule has 0 radical (unpaired) electrons. The van der Waals surface area contributed by atoms with Crippen LogP contribution in [0.3, 0.4) is 0 Å². The minimum Gasteiger partial charge on any atom is -0.356 e. The van der Waals surface area contributed by atoms with E-state index >= 15 is 0 Å². The van der Waals surface area contributed by atoms with Crippen molar-refractivity contribution in [3.05, 3.63) is 36.5 Å². The number of aliphatic imine (C=N–C) groups is 1. The van der Waals surface area contributed by atoms with Crippen LogP contribution < -0.4 is 10.6 Å². The second-order valence-corrected chi connectivity index (χ2v) is 7.74. The molecule has 0 saturated carbocycles. The fraction of sp³-hybridized carbons (Fsp3) is 0.438. The number of aromatic nitrogens is 1. The van der Waals surface area contributed by atoms with Crippen LogP contribution in [-0.2, 0) is 16.4 Å². The van der Waals surface area contributed by atoms with E-state index in [2.05, 4.69) is 44.6 Å². The Morgan fingerprint density at radius 2 is 1.88 bits per heavy atom. The molecular formula is C16H25IN4O2S. The quantitative estimate of drug-likeness (QED) is 0.284. The first-order valence-corrected chi connectivity index (χ1v) is 9.72. The molecule has 0 aliphatic heterocycles. The lowest BCUT2D eigenvalue weighted by molar-refractivity contribution is 0.600. The summed E-state index contributed by atoms with van der Waals surface area (Å²) in [6.45, 7) is 2.05. The Morgan fingerprint density at radius 3 is 2.58 bits per heavy atom. The number of hydrogen-bond donors (Lipinski definition) is 2. The van der Waals surface area contributed by atoms with Crippen molar-refractivity contribution in [2.45, 2.75) is 13.0 Å². The lowest BCUT2D eigenvalue weighted by Gasteiger charge is -2.12. The van der Waals surface area contributed by atoms with Gasteiger partial charge in [-0.05, 0) is 23.9 Å². The first-order valence-electron chi connectivity index (χ1n) is 7.66. The zero-order valence-corrected chi connectivity index (χ0v) is 17.2. The van der Waals surface area contributed by atoms with Crippen molar-refractivity contribution in [2.75, 3.05) is 32.1 Å². The summed E-state index contributed by atoms with van der Waals surface area (Å²) in [6, 6.07) is 10.4. The molecule has 0 bridgehead atoms. The fourth-order valence-corrected chi connectivity index (χ4v) is 2.84. The number of aryl methyl sites for hydroxylation is 1. The number of nitrogens with one attached hydrogen (secondary N) is 2. The lowest BCUT2D eigenvalue weighted by Crippen LogP contribution is -2.40. The van der Waals surface area contributed by atoms with Gasteiger partial charge in [0, 0.05) is 44.7 Å². The van der Waals surface area contributed by atoms with Crippen LogP contribution in [0.15, 0.2) is 41.5 Å². The minimum atomic E-state index is -2.95. The molecule has 1 heterocycles. The standard InChI is InChI=1S/C16H24N4O2S.HI/c1-17-16(19-10-13-23(2,21)22)18-9-5-11-20-12-8-14-6-3-4-7-15(14)20;/h3-4,6-8,12H,5,9-11,13H2,1-2H3,(H2,17,18,19);1H. The van der Waals surface area contributed by atoms with E-state index < -0.39 is 9.84 Å². The maximum Gasteiger partial charge on any atom is 0.191 e. The zero-order valence-electron chi connectivity index (χ0n) is 14.0. The number of guanidine groups is 1. The Labute approximate surface area is 160 Å². The predicted molar refractivity (Wildman–Crippen MR) is 111 cm³/mol. The molecule has 8 heteroatoms. The Kier molecular flexibility index (Phi) is 8.54. The van der Waals surface area contributed by atoms with E-state index in [9.17, 15) is 8.42 Å². The molecule has 0 saturated heterocycles. The third-order valence-corrected chi connectivity index (χ3v) is 4.48. The van der Waals surface area contributed by atoms with Crippen LogP contribution in [-0.4, -0.2) is 51.1 Å². The van der Waals surface area contributed by atoms with Gasteiger partial charge in [0.05, 0.1) is 5.75 Å². The summed E-state index contributed by atoms with van der Waals surface area (Å²) < 4.78 is 24.4. The molecule has 0 aliphatic carbocycles. The number of hydrogen-bond acceptors (Lipinski definition) is 3. The highest BCUT2D eigenvalue weighted by molar-refractivity contribution is 14.0. The molecule has 2 rings (SSSR count). The largest absolute Gasteiger partial charge is 0.356 e. The van der Waals surface area contributed by atoms with Crippen molar-refractivity contribution in [1.82, 2.24) is 15.2 Å². The van der Waals surface area contributed by atoms with E-state index in [-0.39, 0.29) is 29.7 Å². The van der Waals surface area contributed by atoms with Crippen LogP contribution in [0.2, 0.25) is 0 Å². The second kappa shape index (κ2) is 9.87. The number of nitrogens with zero attached hydrogens (tertiary/aromatic N) is 2. The van der Waals surface area contributed by atoms with Crippen molar-refractivity contribution in [3.8, 4) is 0 Å². The predicted octanol–water partition coefficient (Wildman–Crippen LogP) is 1.86. The van der Waals surface area contributed by atoms with E-state index in [1.165, 1.54) is 17.2 Å². The molecule has 0 aliphatic rings. The van der Waals surface area contributed by atoms with Gasteiger partial charge in [-0.1, -0.05) is 18.2 Å². The van der Waals surface area contributed by atoms with Crippen LogP contribution in [0, 0.1) is 0 Å². The third kappa shape index (κ3) is 6.68. The molecule has 2 N–H and O–H groups in total. The van der Waals surface area contributed by atoms with Crippen molar-refractivity contribution in [3.63, 3.8) is 0 Å². The second-order valence-electron chi connectivity index (χ2n) is 5.48. The van der Waals surface area contributed by atoms with Gasteiger partial charge in [-0.15, -0.1) is 24.0 Å². The SMILES string of the molecule is CN=C(NCCCn1ccc2ccccc21)NCCS(C)(=O)=O.I. The summed E-state index contributed by atoms with van der Waals surface area (Å²) in [5, 5.41) is 7.45. The van der Waals surface area contributed by atoms with Gasteiger partial charge in [-0.2, -0.15) is 0 Å². The molecule has 1 aromatic heterocycles. The highest BCUT2D eigenvalue weighted by Crippen LogP contribution is 2.15. The van der Waals surface area contributed by atoms with Crippen LogP contribution in [0.1, 0.15) is 6.42 Å². The maximum atomic E-state index is 11.1. The van der Waals surface area contributed by atoms with Gasteiger partial charge in [0.25, 0.3) is 0 Å². The first kappa shape index (κ1) is 20.8. The van der Waals surface area contributed by atoms with Crippen molar-refractivity contribution >= 4 is 50.7 Å². The highest BCUT2D eigenvalue weighted by Gasteiger charge is 2.03. The summed E-state index contributed by atoms with van der Waals surface area (Å²) in [6.07, 6.45) is 4.28. The van der Waals surface area contributed by atoms with Gasteiger partial charge in [0.1, 0.15) is 9.84 Å². The van der Waals surface area contributed by atoms with Gasteiger partial charge in [-0.25, -0.2) is 8.42 Å². The average molecular weight is 464 g/mol. The molecule has 2 aromatic rings. The van der Waals surface area contributed by atoms with Crippen molar-refractivity contribution in [1.29, 1.82) is 0 Å². The minimum absolute atomic E-state index is 0. The highest BCUT2D eigenvalue weighted by atomic mass is 127. The molecule has 134 valence electrons. The summed E-state index contributed by atoms with van der Waals surface area (Å²) in [4.78, 5) is 4.08. The molecule has 0 fully saturated rings. The number of sulfone groups is 1. The smallest absolute Gasteiger partial charge is 0.191 e. The van der Waals surface area contributed by atoms with E-state index in [1.807, 2.05) is 12.1 Å². The summed E-state index contributed by atoms with van der Waals surface area (Å²) in [7, 11) is -1.28. The van der Waals surface area contributed by atoms with Crippen LogP contribution >= 0.6 is 24.0 Å². The van der Waals surface area contributed by atoms with Crippen molar-refractivity contribution in [2.24, 2.45) is 4.99 Å². The van der Waals surface area contributed by atoms with Gasteiger partial charge in [0.2, 0.25) is 0 Å². The van der Waals surface area contributed by atoms with Gasteiger partial charge >= 0.3 is 0 Å². The topological polar surface area (TPSA) is 75.5 Å². The molecule has 0 amide bonds. The van der Waals surface area contributed by atoms with Crippen LogP contribution in [0.5, 0.6) is 0 Å². The number of para-hydroxylation sites is 1. The van der Waals surface area contributed by atoms with Gasteiger partial charge in [-0.3, -0.25) is 4.99 Å². The Hall–Kier alpha value is -1.29. The molecule has 0 atom stereocenters.